The standard InChI is InChI=1S/C25H29N3O5/c29-20-5-4-19(21(30)27-20)28-12-17-3-2-15(8-18(17)22(28)31)11-26-23(32)33-13-16-9-25(10-16)14-24(25)6-1-7-24/h2-3,8,16,19H,1,4-7,9-14H2,(H,26,32)(H,27,29,30). The minimum Gasteiger partial charge on any atom is -0.449 e. The van der Waals surface area contributed by atoms with Crippen LogP contribution in [0.25, 0.3) is 0 Å². The molecule has 0 aromatic heterocycles. The number of nitrogens with one attached hydrogen (secondary N) is 2. The maximum Gasteiger partial charge on any atom is 0.407 e. The summed E-state index contributed by atoms with van der Waals surface area (Å²) in [5, 5.41) is 5.09. The number of nitrogens with zero attached hydrogens (tertiary/aromatic N) is 1. The lowest BCUT2D eigenvalue weighted by molar-refractivity contribution is -0.136. The molecule has 4 fully saturated rings. The van der Waals surface area contributed by atoms with Crippen LogP contribution in [-0.4, -0.2) is 41.4 Å². The molecule has 6 rings (SSSR count). The lowest BCUT2D eigenvalue weighted by Crippen LogP contribution is -2.52. The van der Waals surface area contributed by atoms with Crippen molar-refractivity contribution < 1.29 is 23.9 Å². The first kappa shape index (κ1) is 20.7. The van der Waals surface area contributed by atoms with Crippen LogP contribution in [0.2, 0.25) is 0 Å². The molecule has 2 aliphatic heterocycles. The van der Waals surface area contributed by atoms with E-state index >= 15 is 0 Å². The maximum atomic E-state index is 12.9. The summed E-state index contributed by atoms with van der Waals surface area (Å²) < 4.78 is 5.44. The van der Waals surface area contributed by atoms with E-state index < -0.39 is 18.0 Å². The number of ether oxygens (including phenoxy) is 1. The minimum atomic E-state index is -0.625. The molecule has 2 spiro atoms. The Kier molecular flexibility index (Phi) is 4.58. The lowest BCUT2D eigenvalue weighted by atomic mass is 9.62. The van der Waals surface area contributed by atoms with Gasteiger partial charge in [0.2, 0.25) is 11.8 Å². The maximum absolute atomic E-state index is 12.9. The van der Waals surface area contributed by atoms with E-state index in [2.05, 4.69) is 10.6 Å². The number of imide groups is 1. The number of amides is 4. The topological polar surface area (TPSA) is 105 Å². The van der Waals surface area contributed by atoms with E-state index in [-0.39, 0.29) is 24.8 Å². The van der Waals surface area contributed by atoms with Gasteiger partial charge in [-0.05, 0) is 72.5 Å². The molecule has 2 heterocycles. The van der Waals surface area contributed by atoms with E-state index in [9.17, 15) is 19.2 Å². The van der Waals surface area contributed by atoms with Gasteiger partial charge in [-0.3, -0.25) is 19.7 Å². The summed E-state index contributed by atoms with van der Waals surface area (Å²) in [7, 11) is 0. The summed E-state index contributed by atoms with van der Waals surface area (Å²) >= 11 is 0. The van der Waals surface area contributed by atoms with Crippen LogP contribution in [0, 0.1) is 16.7 Å². The van der Waals surface area contributed by atoms with Crippen LogP contribution in [0.15, 0.2) is 18.2 Å². The Labute approximate surface area is 192 Å². The molecule has 4 amide bonds. The number of hydrogen-bond donors (Lipinski definition) is 2. The third-order valence-corrected chi connectivity index (χ3v) is 8.83. The molecule has 33 heavy (non-hydrogen) atoms. The Morgan fingerprint density at radius 1 is 1.18 bits per heavy atom. The van der Waals surface area contributed by atoms with Crippen molar-refractivity contribution in [3.05, 3.63) is 34.9 Å². The van der Waals surface area contributed by atoms with Crippen molar-refractivity contribution in [2.24, 2.45) is 16.7 Å². The average molecular weight is 452 g/mol. The molecule has 1 atom stereocenters. The highest BCUT2D eigenvalue weighted by Crippen LogP contribution is 2.82. The second-order valence-electron chi connectivity index (χ2n) is 10.7. The van der Waals surface area contributed by atoms with E-state index in [1.807, 2.05) is 12.1 Å². The Bertz CT molecular complexity index is 1060. The Balaban J connectivity index is 0.984. The largest absolute Gasteiger partial charge is 0.449 e. The molecule has 8 nitrogen and oxygen atoms in total. The molecule has 8 heteroatoms. The van der Waals surface area contributed by atoms with Crippen molar-refractivity contribution in [1.29, 1.82) is 0 Å². The zero-order valence-corrected chi connectivity index (χ0v) is 18.7. The van der Waals surface area contributed by atoms with Gasteiger partial charge in [-0.25, -0.2) is 4.79 Å². The van der Waals surface area contributed by atoms with Gasteiger partial charge in [0.25, 0.3) is 5.91 Å². The van der Waals surface area contributed by atoms with Crippen LogP contribution in [0.1, 0.15) is 72.9 Å². The first-order chi connectivity index (χ1) is 15.9. The molecule has 5 aliphatic rings. The monoisotopic (exact) mass is 451 g/mol. The van der Waals surface area contributed by atoms with Crippen molar-refractivity contribution in [3.8, 4) is 0 Å². The molecule has 1 unspecified atom stereocenters. The highest BCUT2D eigenvalue weighted by Gasteiger charge is 2.73. The molecular weight excluding hydrogens is 422 g/mol. The Morgan fingerprint density at radius 2 is 2.00 bits per heavy atom. The fourth-order valence-corrected chi connectivity index (χ4v) is 6.79. The zero-order valence-electron chi connectivity index (χ0n) is 18.7. The van der Waals surface area contributed by atoms with Crippen LogP contribution in [0.4, 0.5) is 4.79 Å². The van der Waals surface area contributed by atoms with Crippen LogP contribution in [0.3, 0.4) is 0 Å². The van der Waals surface area contributed by atoms with Gasteiger partial charge < -0.3 is 15.0 Å². The van der Waals surface area contributed by atoms with Gasteiger partial charge >= 0.3 is 6.09 Å². The van der Waals surface area contributed by atoms with Gasteiger partial charge in [0, 0.05) is 25.1 Å². The smallest absolute Gasteiger partial charge is 0.407 e. The SMILES string of the molecule is O=C1CCC(N2Cc3ccc(CNC(=O)OCC4CC5(C4)CC54CCC4)cc3C2=O)C(=O)N1. The number of alkyl carbamates (subject to hydrolysis) is 1. The quantitative estimate of drug-likeness (QED) is 0.670. The Hall–Kier alpha value is -2.90. The minimum absolute atomic E-state index is 0.216. The summed E-state index contributed by atoms with van der Waals surface area (Å²) in [5.74, 6) is -0.440. The van der Waals surface area contributed by atoms with Gasteiger partial charge in [-0.2, -0.15) is 0 Å². The van der Waals surface area contributed by atoms with Gasteiger partial charge in [0.15, 0.2) is 0 Å². The number of carbonyl (C=O) groups excluding carboxylic acids is 4. The van der Waals surface area contributed by atoms with E-state index in [0.29, 0.717) is 41.9 Å². The molecule has 1 aromatic carbocycles. The molecule has 1 saturated heterocycles. The van der Waals surface area contributed by atoms with Crippen LogP contribution < -0.4 is 10.6 Å². The predicted molar refractivity (Wildman–Crippen MR) is 117 cm³/mol. The molecule has 0 radical (unpaired) electrons. The Morgan fingerprint density at radius 3 is 2.70 bits per heavy atom. The van der Waals surface area contributed by atoms with Crippen LogP contribution >= 0.6 is 0 Å². The number of carbonyl (C=O) groups is 4. The molecule has 3 saturated carbocycles. The first-order valence-electron chi connectivity index (χ1n) is 12.1. The van der Waals surface area contributed by atoms with Gasteiger partial charge in [-0.1, -0.05) is 18.6 Å². The van der Waals surface area contributed by atoms with Crippen molar-refractivity contribution in [2.75, 3.05) is 6.61 Å². The summed E-state index contributed by atoms with van der Waals surface area (Å²) in [6.45, 7) is 1.10. The second kappa shape index (κ2) is 7.30. The summed E-state index contributed by atoms with van der Waals surface area (Å²) in [6.07, 6.45) is 8.13. The van der Waals surface area contributed by atoms with Crippen molar-refractivity contribution in [2.45, 2.75) is 70.5 Å². The first-order valence-corrected chi connectivity index (χ1v) is 12.1. The van der Waals surface area contributed by atoms with Crippen molar-refractivity contribution in [3.63, 3.8) is 0 Å². The third-order valence-electron chi connectivity index (χ3n) is 8.83. The van der Waals surface area contributed by atoms with E-state index in [1.54, 1.807) is 6.07 Å². The third kappa shape index (κ3) is 3.33. The highest BCUT2D eigenvalue weighted by atomic mass is 16.5. The molecule has 1 aromatic rings. The highest BCUT2D eigenvalue weighted by molar-refractivity contribution is 6.05. The summed E-state index contributed by atoms with van der Waals surface area (Å²) in [6, 6.07) is 4.88. The van der Waals surface area contributed by atoms with Gasteiger partial charge in [0.05, 0.1) is 6.61 Å². The fourth-order valence-electron chi connectivity index (χ4n) is 6.79. The number of piperidine rings is 1. The van der Waals surface area contributed by atoms with Gasteiger partial charge in [0.1, 0.15) is 6.04 Å². The number of hydrogen-bond acceptors (Lipinski definition) is 5. The molecule has 0 bridgehead atoms. The van der Waals surface area contributed by atoms with E-state index in [1.165, 1.54) is 43.4 Å². The van der Waals surface area contributed by atoms with E-state index in [4.69, 9.17) is 4.74 Å². The van der Waals surface area contributed by atoms with Crippen molar-refractivity contribution in [1.82, 2.24) is 15.5 Å². The number of fused-ring (bicyclic) bond motifs is 2. The summed E-state index contributed by atoms with van der Waals surface area (Å²) in [4.78, 5) is 50.2. The molecule has 2 N–H and O–H groups in total. The zero-order chi connectivity index (χ0) is 22.8. The van der Waals surface area contributed by atoms with Crippen molar-refractivity contribution >= 4 is 23.8 Å². The summed E-state index contributed by atoms with van der Waals surface area (Å²) in [5.41, 5.74) is 3.45. The molecular formula is C25H29N3O5. The number of benzene rings is 1. The fraction of sp³-hybridized carbons (Fsp3) is 0.600. The number of rotatable bonds is 5. The average Bonchev–Trinajstić information content (AvgIpc) is 3.37. The van der Waals surface area contributed by atoms with Crippen LogP contribution in [0.5, 0.6) is 0 Å². The van der Waals surface area contributed by atoms with Gasteiger partial charge in [-0.15, -0.1) is 0 Å². The van der Waals surface area contributed by atoms with E-state index in [0.717, 1.165) is 11.1 Å². The lowest BCUT2D eigenvalue weighted by Gasteiger charge is -2.43. The molecule has 174 valence electrons. The normalized spacial score (nSPS) is 31.0. The van der Waals surface area contributed by atoms with Crippen LogP contribution in [-0.2, 0) is 27.4 Å². The second-order valence-corrected chi connectivity index (χ2v) is 10.7. The predicted octanol–water partition coefficient (Wildman–Crippen LogP) is 2.64. The molecule has 3 aliphatic carbocycles.